The van der Waals surface area contributed by atoms with Gasteiger partial charge in [0, 0.05) is 14.9 Å². The first kappa shape index (κ1) is 19.9. The van der Waals surface area contributed by atoms with Gasteiger partial charge in [-0.1, -0.05) is 76.9 Å². The molecule has 1 heterocycles. The van der Waals surface area contributed by atoms with Crippen molar-refractivity contribution >= 4 is 43.6 Å². The van der Waals surface area contributed by atoms with Gasteiger partial charge in [0.1, 0.15) is 0 Å². The van der Waals surface area contributed by atoms with Crippen molar-refractivity contribution in [3.8, 4) is 0 Å². The van der Waals surface area contributed by atoms with Crippen molar-refractivity contribution in [3.63, 3.8) is 0 Å². The van der Waals surface area contributed by atoms with Crippen molar-refractivity contribution in [2.45, 2.75) is 39.7 Å². The SMILES string of the molecule is CC(C)(C)[C@@H]1C/C(=C/c2ccc(Br)cc2)C2=NN[C@@H](c3ccc(Br)cc3)[C@@H]2C1. The van der Waals surface area contributed by atoms with Gasteiger partial charge in [-0.05, 0) is 71.2 Å². The van der Waals surface area contributed by atoms with E-state index >= 15 is 0 Å². The van der Waals surface area contributed by atoms with Crippen LogP contribution >= 0.6 is 31.9 Å². The summed E-state index contributed by atoms with van der Waals surface area (Å²) < 4.78 is 2.22. The lowest BCUT2D eigenvalue weighted by atomic mass is 9.65. The Kier molecular flexibility index (Phi) is 5.54. The Morgan fingerprint density at radius 1 is 0.964 bits per heavy atom. The maximum absolute atomic E-state index is 4.83. The summed E-state index contributed by atoms with van der Waals surface area (Å²) in [4.78, 5) is 0. The Labute approximate surface area is 184 Å². The van der Waals surface area contributed by atoms with E-state index in [1.807, 2.05) is 0 Å². The Morgan fingerprint density at radius 3 is 2.18 bits per heavy atom. The zero-order chi connectivity index (χ0) is 19.9. The van der Waals surface area contributed by atoms with E-state index in [0.717, 1.165) is 15.4 Å². The van der Waals surface area contributed by atoms with Crippen LogP contribution < -0.4 is 5.43 Å². The number of nitrogens with zero attached hydrogens (tertiary/aromatic N) is 1. The number of hydrogen-bond acceptors (Lipinski definition) is 2. The van der Waals surface area contributed by atoms with Crippen LogP contribution in [0.3, 0.4) is 0 Å². The zero-order valence-corrected chi connectivity index (χ0v) is 19.7. The first-order valence-corrected chi connectivity index (χ1v) is 11.4. The lowest BCUT2D eigenvalue weighted by Gasteiger charge is -2.39. The highest BCUT2D eigenvalue weighted by Crippen LogP contribution is 2.47. The maximum atomic E-state index is 4.83. The van der Waals surface area contributed by atoms with Crippen LogP contribution in [0.25, 0.3) is 6.08 Å². The molecule has 146 valence electrons. The van der Waals surface area contributed by atoms with Gasteiger partial charge in [-0.25, -0.2) is 0 Å². The number of allylic oxidation sites excluding steroid dienone is 1. The van der Waals surface area contributed by atoms with Crippen molar-refractivity contribution in [1.29, 1.82) is 0 Å². The number of fused-ring (bicyclic) bond motifs is 1. The Morgan fingerprint density at radius 2 is 1.57 bits per heavy atom. The van der Waals surface area contributed by atoms with Crippen molar-refractivity contribution in [1.82, 2.24) is 5.43 Å². The first-order chi connectivity index (χ1) is 13.3. The van der Waals surface area contributed by atoms with Crippen molar-refractivity contribution in [3.05, 3.63) is 74.2 Å². The van der Waals surface area contributed by atoms with Crippen molar-refractivity contribution in [2.24, 2.45) is 22.4 Å². The molecule has 1 aliphatic heterocycles. The summed E-state index contributed by atoms with van der Waals surface area (Å²) in [6.07, 6.45) is 4.60. The topological polar surface area (TPSA) is 24.4 Å². The molecule has 1 aliphatic carbocycles. The molecule has 0 radical (unpaired) electrons. The monoisotopic (exact) mass is 500 g/mol. The third-order valence-corrected chi connectivity index (χ3v) is 7.13. The fraction of sp³-hybridized carbons (Fsp3) is 0.375. The summed E-state index contributed by atoms with van der Waals surface area (Å²) in [5, 5.41) is 4.83. The molecule has 2 aromatic carbocycles. The standard InChI is InChI=1S/C24H26Br2N2/c1-24(2,3)18-13-17(12-15-4-8-19(25)9-5-15)23-21(14-18)22(27-28-23)16-6-10-20(26)11-7-16/h4-12,18,21-22,27H,13-14H2,1-3H3/b17-12-/t18-,21+,22+/m1/s1. The molecule has 0 bridgehead atoms. The number of nitrogens with one attached hydrogen (secondary N) is 1. The maximum Gasteiger partial charge on any atom is 0.0774 e. The van der Waals surface area contributed by atoms with Crippen LogP contribution in [0.4, 0.5) is 0 Å². The second kappa shape index (κ2) is 7.79. The lowest BCUT2D eigenvalue weighted by molar-refractivity contribution is 0.194. The smallest absolute Gasteiger partial charge is 0.0774 e. The van der Waals surface area contributed by atoms with Crippen molar-refractivity contribution < 1.29 is 0 Å². The summed E-state index contributed by atoms with van der Waals surface area (Å²) in [5.74, 6) is 1.05. The van der Waals surface area contributed by atoms with Crippen LogP contribution in [-0.4, -0.2) is 5.71 Å². The minimum Gasteiger partial charge on any atom is -0.302 e. The van der Waals surface area contributed by atoms with Crippen LogP contribution in [0.2, 0.25) is 0 Å². The average Bonchev–Trinajstić information content (AvgIpc) is 3.08. The number of benzene rings is 2. The molecule has 1 fully saturated rings. The number of hydrazone groups is 1. The second-order valence-corrected chi connectivity index (χ2v) is 10.8. The number of halogens is 2. The molecule has 0 aromatic heterocycles. The third-order valence-electron chi connectivity index (χ3n) is 6.08. The highest BCUT2D eigenvalue weighted by Gasteiger charge is 2.43. The van der Waals surface area contributed by atoms with E-state index in [1.165, 1.54) is 28.8 Å². The molecule has 2 aliphatic rings. The molecule has 1 N–H and O–H groups in total. The van der Waals surface area contributed by atoms with E-state index in [1.54, 1.807) is 0 Å². The normalized spacial score (nSPS) is 26.0. The van der Waals surface area contributed by atoms with Crippen LogP contribution in [0.15, 0.2) is 68.2 Å². The van der Waals surface area contributed by atoms with E-state index in [0.29, 0.717) is 11.8 Å². The van der Waals surface area contributed by atoms with Gasteiger partial charge >= 0.3 is 0 Å². The van der Waals surface area contributed by atoms with Gasteiger partial charge in [-0.2, -0.15) is 5.10 Å². The molecule has 2 aromatic rings. The molecule has 4 heteroatoms. The molecule has 0 saturated heterocycles. The van der Waals surface area contributed by atoms with E-state index in [9.17, 15) is 0 Å². The molecule has 4 rings (SSSR count). The minimum absolute atomic E-state index is 0.251. The largest absolute Gasteiger partial charge is 0.302 e. The molecule has 0 unspecified atom stereocenters. The molecule has 2 nitrogen and oxygen atoms in total. The van der Waals surface area contributed by atoms with Crippen LogP contribution in [0, 0.1) is 17.3 Å². The molecule has 0 amide bonds. The van der Waals surface area contributed by atoms with E-state index in [2.05, 4.69) is 113 Å². The predicted molar refractivity (Wildman–Crippen MR) is 125 cm³/mol. The molecule has 1 saturated carbocycles. The van der Waals surface area contributed by atoms with E-state index < -0.39 is 0 Å². The Hall–Kier alpha value is -1.39. The van der Waals surface area contributed by atoms with Crippen LogP contribution in [-0.2, 0) is 0 Å². The van der Waals surface area contributed by atoms with Gasteiger partial charge in [0.05, 0.1) is 11.8 Å². The molecule has 3 atom stereocenters. The quantitative estimate of drug-likeness (QED) is 0.456. The highest BCUT2D eigenvalue weighted by atomic mass is 79.9. The Balaban J connectivity index is 1.69. The molecular weight excluding hydrogens is 476 g/mol. The fourth-order valence-corrected chi connectivity index (χ4v) is 4.85. The summed E-state index contributed by atoms with van der Waals surface area (Å²) in [6, 6.07) is 17.5. The van der Waals surface area contributed by atoms with Gasteiger partial charge in [-0.3, -0.25) is 0 Å². The number of rotatable bonds is 2. The highest BCUT2D eigenvalue weighted by molar-refractivity contribution is 9.10. The average molecular weight is 502 g/mol. The summed E-state index contributed by atoms with van der Waals surface area (Å²) in [5.41, 5.74) is 8.90. The summed E-state index contributed by atoms with van der Waals surface area (Å²) >= 11 is 7.08. The summed E-state index contributed by atoms with van der Waals surface area (Å²) in [7, 11) is 0. The van der Waals surface area contributed by atoms with Crippen LogP contribution in [0.1, 0.15) is 50.8 Å². The lowest BCUT2D eigenvalue weighted by Crippen LogP contribution is -2.35. The van der Waals surface area contributed by atoms with Gasteiger partial charge in [0.15, 0.2) is 0 Å². The van der Waals surface area contributed by atoms with E-state index in [-0.39, 0.29) is 11.5 Å². The predicted octanol–water partition coefficient (Wildman–Crippen LogP) is 7.37. The zero-order valence-electron chi connectivity index (χ0n) is 16.5. The number of hydrogen-bond donors (Lipinski definition) is 1. The van der Waals surface area contributed by atoms with Gasteiger partial charge in [-0.15, -0.1) is 0 Å². The third kappa shape index (κ3) is 4.13. The van der Waals surface area contributed by atoms with Gasteiger partial charge in [0.2, 0.25) is 0 Å². The van der Waals surface area contributed by atoms with Crippen molar-refractivity contribution in [2.75, 3.05) is 0 Å². The van der Waals surface area contributed by atoms with Crippen LogP contribution in [0.5, 0.6) is 0 Å². The van der Waals surface area contributed by atoms with E-state index in [4.69, 9.17) is 5.10 Å². The first-order valence-electron chi connectivity index (χ1n) is 9.86. The molecule has 0 spiro atoms. The minimum atomic E-state index is 0.251. The Bertz CT molecular complexity index is 905. The molecular formula is C24H26Br2N2. The van der Waals surface area contributed by atoms with Gasteiger partial charge in [0.25, 0.3) is 0 Å². The fourth-order valence-electron chi connectivity index (χ4n) is 4.32. The molecule has 28 heavy (non-hydrogen) atoms. The van der Waals surface area contributed by atoms with Gasteiger partial charge < -0.3 is 5.43 Å². The summed E-state index contributed by atoms with van der Waals surface area (Å²) in [6.45, 7) is 7.11. The second-order valence-electron chi connectivity index (χ2n) is 8.99.